The van der Waals surface area contributed by atoms with Gasteiger partial charge in [0.1, 0.15) is 5.82 Å². The van der Waals surface area contributed by atoms with E-state index in [1.165, 1.54) is 12.1 Å². The molecule has 2 fully saturated rings. The highest BCUT2D eigenvalue weighted by Gasteiger charge is 2.43. The summed E-state index contributed by atoms with van der Waals surface area (Å²) in [5.74, 6) is 0.236. The van der Waals surface area contributed by atoms with Crippen molar-refractivity contribution in [2.75, 3.05) is 19.6 Å². The third kappa shape index (κ3) is 4.39. The second kappa shape index (κ2) is 7.54. The Hall–Kier alpha value is -1.91. The molecule has 2 atom stereocenters. The van der Waals surface area contributed by atoms with Crippen LogP contribution >= 0.6 is 0 Å². The van der Waals surface area contributed by atoms with E-state index in [2.05, 4.69) is 19.2 Å². The second-order valence-electron chi connectivity index (χ2n) is 7.76. The average molecular weight is 346 g/mol. The molecule has 0 bridgehead atoms. The van der Waals surface area contributed by atoms with Gasteiger partial charge in [-0.3, -0.25) is 9.59 Å². The molecule has 1 aromatic carbocycles. The van der Waals surface area contributed by atoms with E-state index in [-0.39, 0.29) is 35.4 Å². The Morgan fingerprint density at radius 3 is 2.48 bits per heavy atom. The van der Waals surface area contributed by atoms with Gasteiger partial charge in [-0.2, -0.15) is 0 Å². The standard InChI is InChI=1S/C20H27FN2O2/c1-13(2)9-10-22-19(24)18-12-23(20(25)15-3-4-15)11-17(18)14-5-7-16(21)8-6-14/h5-8,13,15,17-18H,3-4,9-12H2,1-2H3,(H,22,24)/t17-,18-/m0/s1. The molecule has 2 amide bonds. The van der Waals surface area contributed by atoms with Gasteiger partial charge in [-0.05, 0) is 42.9 Å². The van der Waals surface area contributed by atoms with Crippen molar-refractivity contribution in [3.05, 3.63) is 35.6 Å². The molecule has 5 heteroatoms. The summed E-state index contributed by atoms with van der Waals surface area (Å²) in [6.45, 7) is 5.91. The third-order valence-electron chi connectivity index (χ3n) is 5.21. The maximum atomic E-state index is 13.2. The van der Waals surface area contributed by atoms with Gasteiger partial charge < -0.3 is 10.2 Å². The normalized spacial score (nSPS) is 23.1. The van der Waals surface area contributed by atoms with Gasteiger partial charge in [0.2, 0.25) is 11.8 Å². The summed E-state index contributed by atoms with van der Waals surface area (Å²) in [6.07, 6.45) is 2.86. The average Bonchev–Trinajstić information content (AvgIpc) is 3.33. The lowest BCUT2D eigenvalue weighted by molar-refractivity contribution is -0.132. The van der Waals surface area contributed by atoms with E-state index in [0.29, 0.717) is 25.6 Å². The van der Waals surface area contributed by atoms with Crippen LogP contribution in [0.15, 0.2) is 24.3 Å². The molecule has 1 N–H and O–H groups in total. The summed E-state index contributed by atoms with van der Waals surface area (Å²) in [4.78, 5) is 27.0. The highest BCUT2D eigenvalue weighted by Crippen LogP contribution is 2.37. The van der Waals surface area contributed by atoms with Gasteiger partial charge in [0, 0.05) is 31.5 Å². The van der Waals surface area contributed by atoms with E-state index >= 15 is 0 Å². The van der Waals surface area contributed by atoms with Crippen LogP contribution in [0.3, 0.4) is 0 Å². The summed E-state index contributed by atoms with van der Waals surface area (Å²) in [5, 5.41) is 3.02. The Morgan fingerprint density at radius 2 is 1.88 bits per heavy atom. The minimum Gasteiger partial charge on any atom is -0.356 e. The molecular weight excluding hydrogens is 319 g/mol. The number of rotatable bonds is 6. The van der Waals surface area contributed by atoms with Crippen molar-refractivity contribution in [1.82, 2.24) is 10.2 Å². The largest absolute Gasteiger partial charge is 0.356 e. The molecule has 0 radical (unpaired) electrons. The number of nitrogens with one attached hydrogen (secondary N) is 1. The number of amides is 2. The van der Waals surface area contributed by atoms with Gasteiger partial charge in [0.15, 0.2) is 0 Å². The summed E-state index contributed by atoms with van der Waals surface area (Å²) in [6, 6.07) is 6.32. The fraction of sp³-hybridized carbons (Fsp3) is 0.600. The Labute approximate surface area is 148 Å². The zero-order chi connectivity index (χ0) is 18.0. The maximum absolute atomic E-state index is 13.2. The monoisotopic (exact) mass is 346 g/mol. The van der Waals surface area contributed by atoms with Crippen molar-refractivity contribution < 1.29 is 14.0 Å². The molecule has 0 aromatic heterocycles. The summed E-state index contributed by atoms with van der Waals surface area (Å²) in [7, 11) is 0. The summed E-state index contributed by atoms with van der Waals surface area (Å²) < 4.78 is 13.2. The van der Waals surface area contributed by atoms with Crippen molar-refractivity contribution in [2.24, 2.45) is 17.8 Å². The molecule has 2 aliphatic rings. The van der Waals surface area contributed by atoms with Crippen LogP contribution in [0, 0.1) is 23.6 Å². The predicted octanol–water partition coefficient (Wildman–Crippen LogP) is 2.94. The van der Waals surface area contributed by atoms with Crippen LogP contribution in [-0.2, 0) is 9.59 Å². The number of hydrogen-bond acceptors (Lipinski definition) is 2. The van der Waals surface area contributed by atoms with E-state index in [0.717, 1.165) is 24.8 Å². The molecule has 1 aliphatic heterocycles. The molecule has 4 nitrogen and oxygen atoms in total. The van der Waals surface area contributed by atoms with Crippen LogP contribution in [0.5, 0.6) is 0 Å². The first-order valence-corrected chi connectivity index (χ1v) is 9.27. The molecular formula is C20H27FN2O2. The summed E-state index contributed by atoms with van der Waals surface area (Å²) in [5.41, 5.74) is 0.927. The number of benzene rings is 1. The third-order valence-corrected chi connectivity index (χ3v) is 5.21. The molecule has 1 saturated heterocycles. The number of nitrogens with zero attached hydrogens (tertiary/aromatic N) is 1. The zero-order valence-electron chi connectivity index (χ0n) is 15.0. The van der Waals surface area contributed by atoms with Crippen LogP contribution < -0.4 is 5.32 Å². The number of halogens is 1. The van der Waals surface area contributed by atoms with Crippen molar-refractivity contribution in [2.45, 2.75) is 39.0 Å². The number of hydrogen-bond donors (Lipinski definition) is 1. The van der Waals surface area contributed by atoms with Gasteiger partial charge in [-0.1, -0.05) is 26.0 Å². The fourth-order valence-corrected chi connectivity index (χ4v) is 3.50. The first-order valence-electron chi connectivity index (χ1n) is 9.27. The number of carbonyl (C=O) groups is 2. The zero-order valence-corrected chi connectivity index (χ0v) is 15.0. The molecule has 1 saturated carbocycles. The molecule has 3 rings (SSSR count). The van der Waals surface area contributed by atoms with E-state index in [9.17, 15) is 14.0 Å². The topological polar surface area (TPSA) is 49.4 Å². The van der Waals surface area contributed by atoms with Crippen LogP contribution in [0.1, 0.15) is 44.6 Å². The Kier molecular flexibility index (Phi) is 5.40. The molecule has 1 aromatic rings. The van der Waals surface area contributed by atoms with Crippen LogP contribution in [0.25, 0.3) is 0 Å². The van der Waals surface area contributed by atoms with Crippen molar-refractivity contribution in [3.63, 3.8) is 0 Å². The van der Waals surface area contributed by atoms with E-state index in [1.807, 2.05) is 4.90 Å². The van der Waals surface area contributed by atoms with Crippen LogP contribution in [0.4, 0.5) is 4.39 Å². The lowest BCUT2D eigenvalue weighted by Crippen LogP contribution is -2.36. The number of likely N-dealkylation sites (tertiary alicyclic amines) is 1. The van der Waals surface area contributed by atoms with Crippen molar-refractivity contribution in [3.8, 4) is 0 Å². The molecule has 0 unspecified atom stereocenters. The predicted molar refractivity (Wildman–Crippen MR) is 94.4 cm³/mol. The van der Waals surface area contributed by atoms with E-state index in [4.69, 9.17) is 0 Å². The van der Waals surface area contributed by atoms with E-state index in [1.54, 1.807) is 12.1 Å². The lowest BCUT2D eigenvalue weighted by atomic mass is 9.88. The first kappa shape index (κ1) is 17.9. The minimum atomic E-state index is -0.286. The molecule has 25 heavy (non-hydrogen) atoms. The first-order chi connectivity index (χ1) is 12.0. The van der Waals surface area contributed by atoms with Gasteiger partial charge in [0.25, 0.3) is 0 Å². The lowest BCUT2D eigenvalue weighted by Gasteiger charge is -2.18. The minimum absolute atomic E-state index is 0.000993. The number of carbonyl (C=O) groups excluding carboxylic acids is 2. The fourth-order valence-electron chi connectivity index (χ4n) is 3.50. The van der Waals surface area contributed by atoms with Gasteiger partial charge in [0.05, 0.1) is 5.92 Å². The molecule has 1 aliphatic carbocycles. The molecule has 1 heterocycles. The summed E-state index contributed by atoms with van der Waals surface area (Å²) >= 11 is 0. The highest BCUT2D eigenvalue weighted by molar-refractivity contribution is 5.85. The van der Waals surface area contributed by atoms with Crippen LogP contribution in [-0.4, -0.2) is 36.3 Å². The van der Waals surface area contributed by atoms with Crippen molar-refractivity contribution >= 4 is 11.8 Å². The van der Waals surface area contributed by atoms with Gasteiger partial charge >= 0.3 is 0 Å². The smallest absolute Gasteiger partial charge is 0.225 e. The quantitative estimate of drug-likeness (QED) is 0.861. The van der Waals surface area contributed by atoms with Crippen molar-refractivity contribution in [1.29, 1.82) is 0 Å². The SMILES string of the molecule is CC(C)CCNC(=O)[C@H]1CN(C(=O)C2CC2)C[C@H]1c1ccc(F)cc1. The van der Waals surface area contributed by atoms with Gasteiger partial charge in [-0.15, -0.1) is 0 Å². The molecule has 0 spiro atoms. The Balaban J connectivity index is 1.72. The van der Waals surface area contributed by atoms with Gasteiger partial charge in [-0.25, -0.2) is 4.39 Å². The second-order valence-corrected chi connectivity index (χ2v) is 7.76. The molecule has 136 valence electrons. The Morgan fingerprint density at radius 1 is 1.20 bits per heavy atom. The maximum Gasteiger partial charge on any atom is 0.225 e. The highest BCUT2D eigenvalue weighted by atomic mass is 19.1. The van der Waals surface area contributed by atoms with Crippen LogP contribution in [0.2, 0.25) is 0 Å². The Bertz CT molecular complexity index is 625. The van der Waals surface area contributed by atoms with E-state index < -0.39 is 0 Å².